The van der Waals surface area contributed by atoms with Gasteiger partial charge >= 0.3 is 11.9 Å². The Hall–Kier alpha value is -2.33. The number of aromatic hydroxyl groups is 1. The number of rotatable bonds is 5. The lowest BCUT2D eigenvalue weighted by molar-refractivity contribution is -0.175. The van der Waals surface area contributed by atoms with Crippen LogP contribution in [0.2, 0.25) is 0 Å². The number of carbonyl (C=O) groups excluding carboxylic acids is 2. The van der Waals surface area contributed by atoms with Crippen molar-refractivity contribution in [2.75, 3.05) is 20.1 Å². The minimum absolute atomic E-state index is 0. The normalized spacial score (nSPS) is 31.9. The van der Waals surface area contributed by atoms with Gasteiger partial charge in [-0.3, -0.25) is 4.79 Å². The van der Waals surface area contributed by atoms with Gasteiger partial charge in [-0.1, -0.05) is 6.07 Å². The molecule has 2 aliphatic carbocycles. The standard InChI is InChI=1S/C23H28N2O7.ClH/c1-12(30-17(27)6-9-24)21(28)31-15-5-7-23(29)16-11-13-3-4-14(26)19-18(13)22(23,20(15)32-19)8-10-25(16)2;/h3-5,12,16,20,26,29H,6-11,24H2,1-2H3;1H/t12-,16?,20-,22-,23-;/m0./s1. The molecular weight excluding hydrogens is 452 g/mol. The summed E-state index contributed by atoms with van der Waals surface area (Å²) in [4.78, 5) is 26.6. The van der Waals surface area contributed by atoms with Gasteiger partial charge in [0.2, 0.25) is 0 Å². The highest BCUT2D eigenvalue weighted by atomic mass is 35.5. The molecule has 0 aromatic heterocycles. The van der Waals surface area contributed by atoms with Gasteiger partial charge in [-0.15, -0.1) is 12.4 Å². The van der Waals surface area contributed by atoms with Gasteiger partial charge in [0.25, 0.3) is 0 Å². The average molecular weight is 481 g/mol. The van der Waals surface area contributed by atoms with Crippen LogP contribution in [0.1, 0.15) is 37.3 Å². The minimum Gasteiger partial charge on any atom is -0.504 e. The Morgan fingerprint density at radius 2 is 2.15 bits per heavy atom. The Morgan fingerprint density at radius 3 is 2.88 bits per heavy atom. The number of benzene rings is 1. The van der Waals surface area contributed by atoms with Gasteiger partial charge in [0, 0.05) is 24.6 Å². The van der Waals surface area contributed by atoms with Crippen LogP contribution in [-0.4, -0.2) is 71.0 Å². The van der Waals surface area contributed by atoms with Crippen molar-refractivity contribution in [1.82, 2.24) is 4.90 Å². The summed E-state index contributed by atoms with van der Waals surface area (Å²) in [7, 11) is 2.00. The van der Waals surface area contributed by atoms with Gasteiger partial charge < -0.3 is 35.1 Å². The van der Waals surface area contributed by atoms with E-state index in [1.807, 2.05) is 13.1 Å². The number of phenolic OH excluding ortho intramolecular Hbond substituents is 1. The molecule has 1 saturated heterocycles. The number of carbonyl (C=O) groups is 2. The molecule has 1 unspecified atom stereocenters. The van der Waals surface area contributed by atoms with E-state index in [0.29, 0.717) is 18.6 Å². The van der Waals surface area contributed by atoms with Gasteiger partial charge in [-0.2, -0.15) is 0 Å². The molecule has 1 fully saturated rings. The Bertz CT molecular complexity index is 1030. The molecule has 4 N–H and O–H groups in total. The second kappa shape index (κ2) is 8.16. The summed E-state index contributed by atoms with van der Waals surface area (Å²) in [6.45, 7) is 2.30. The van der Waals surface area contributed by atoms with E-state index in [0.717, 1.165) is 17.7 Å². The number of likely N-dealkylation sites (tertiary alicyclic amines) is 1. The van der Waals surface area contributed by atoms with Crippen molar-refractivity contribution in [3.63, 3.8) is 0 Å². The SMILES string of the molecule is C[C@H](OC(=O)CCN)C(=O)OC1=CC[C@]2(O)C3Cc4ccc(O)c5c4[C@@]2(CCN3C)[C@H]1O5.Cl. The third kappa shape index (κ3) is 3.17. The largest absolute Gasteiger partial charge is 0.504 e. The molecule has 0 saturated carbocycles. The van der Waals surface area contributed by atoms with E-state index in [2.05, 4.69) is 4.90 Å². The number of hydrogen-bond donors (Lipinski definition) is 3. The number of phenols is 1. The predicted octanol–water partition coefficient (Wildman–Crippen LogP) is 0.915. The fourth-order valence-electron chi connectivity index (χ4n) is 6.06. The summed E-state index contributed by atoms with van der Waals surface area (Å²) in [5.41, 5.74) is 5.23. The number of nitrogens with zero attached hydrogens (tertiary/aromatic N) is 1. The minimum atomic E-state index is -1.13. The van der Waals surface area contributed by atoms with E-state index in [1.54, 1.807) is 12.1 Å². The average Bonchev–Trinajstić information content (AvgIpc) is 3.10. The molecule has 10 heteroatoms. The summed E-state index contributed by atoms with van der Waals surface area (Å²) in [6.07, 6.45) is 1.32. The molecule has 33 heavy (non-hydrogen) atoms. The van der Waals surface area contributed by atoms with Crippen molar-refractivity contribution in [1.29, 1.82) is 0 Å². The first-order valence-corrected chi connectivity index (χ1v) is 11.0. The van der Waals surface area contributed by atoms with Gasteiger partial charge in [-0.25, -0.2) is 4.79 Å². The van der Waals surface area contributed by atoms with Crippen molar-refractivity contribution in [3.05, 3.63) is 35.1 Å². The number of esters is 2. The molecule has 5 rings (SSSR count). The van der Waals surface area contributed by atoms with E-state index >= 15 is 0 Å². The summed E-state index contributed by atoms with van der Waals surface area (Å²) in [5, 5.41) is 22.6. The molecule has 0 amide bonds. The highest BCUT2D eigenvalue weighted by molar-refractivity contribution is 5.85. The van der Waals surface area contributed by atoms with Crippen LogP contribution in [0.3, 0.4) is 0 Å². The molecule has 2 aliphatic heterocycles. The van der Waals surface area contributed by atoms with Crippen molar-refractivity contribution in [2.24, 2.45) is 5.73 Å². The molecule has 180 valence electrons. The van der Waals surface area contributed by atoms with Crippen molar-refractivity contribution >= 4 is 24.3 Å². The highest BCUT2D eigenvalue weighted by Crippen LogP contribution is 2.65. The summed E-state index contributed by atoms with van der Waals surface area (Å²) in [6, 6.07) is 3.36. The van der Waals surface area contributed by atoms with Crippen LogP contribution in [0.4, 0.5) is 0 Å². The van der Waals surface area contributed by atoms with Gasteiger partial charge in [-0.05, 0) is 51.1 Å². The molecule has 5 atom stereocenters. The van der Waals surface area contributed by atoms with Crippen molar-refractivity contribution in [3.8, 4) is 11.5 Å². The topological polar surface area (TPSA) is 132 Å². The second-order valence-electron chi connectivity index (χ2n) is 9.19. The van der Waals surface area contributed by atoms with Crippen LogP contribution in [0, 0.1) is 0 Å². The number of aliphatic hydroxyl groups is 1. The number of likely N-dealkylation sites (N-methyl/N-ethyl adjacent to an activating group) is 1. The molecule has 4 aliphatic rings. The Labute approximate surface area is 197 Å². The number of halogens is 1. The third-order valence-electron chi connectivity index (χ3n) is 7.56. The zero-order valence-electron chi connectivity index (χ0n) is 18.6. The molecule has 1 spiro atoms. The molecule has 9 nitrogen and oxygen atoms in total. The lowest BCUT2D eigenvalue weighted by Crippen LogP contribution is -2.74. The zero-order valence-corrected chi connectivity index (χ0v) is 19.4. The number of nitrogens with two attached hydrogens (primary N) is 1. The predicted molar refractivity (Wildman–Crippen MR) is 119 cm³/mol. The third-order valence-corrected chi connectivity index (χ3v) is 7.56. The van der Waals surface area contributed by atoms with Gasteiger partial charge in [0.05, 0.1) is 17.4 Å². The monoisotopic (exact) mass is 480 g/mol. The summed E-state index contributed by atoms with van der Waals surface area (Å²) >= 11 is 0. The first-order chi connectivity index (χ1) is 15.2. The van der Waals surface area contributed by atoms with Crippen LogP contribution in [0.5, 0.6) is 11.5 Å². The first kappa shape index (κ1) is 23.8. The summed E-state index contributed by atoms with van der Waals surface area (Å²) in [5.74, 6) is -0.685. The van der Waals surface area contributed by atoms with E-state index < -0.39 is 35.2 Å². The highest BCUT2D eigenvalue weighted by Gasteiger charge is 2.72. The van der Waals surface area contributed by atoms with Gasteiger partial charge in [0.15, 0.2) is 23.7 Å². The van der Waals surface area contributed by atoms with Crippen LogP contribution in [-0.2, 0) is 30.9 Å². The van der Waals surface area contributed by atoms with Crippen LogP contribution >= 0.6 is 12.4 Å². The number of ether oxygens (including phenoxy) is 3. The maximum absolute atomic E-state index is 12.7. The molecule has 0 radical (unpaired) electrons. The van der Waals surface area contributed by atoms with Crippen LogP contribution in [0.15, 0.2) is 24.0 Å². The van der Waals surface area contributed by atoms with Gasteiger partial charge in [0.1, 0.15) is 5.76 Å². The van der Waals surface area contributed by atoms with Crippen LogP contribution < -0.4 is 10.5 Å². The zero-order chi connectivity index (χ0) is 22.8. The second-order valence-corrected chi connectivity index (χ2v) is 9.19. The van der Waals surface area contributed by atoms with Crippen LogP contribution in [0.25, 0.3) is 0 Å². The quantitative estimate of drug-likeness (QED) is 0.526. The lowest BCUT2D eigenvalue weighted by atomic mass is 9.50. The maximum Gasteiger partial charge on any atom is 0.352 e. The molecule has 2 bridgehead atoms. The molecule has 2 heterocycles. The van der Waals surface area contributed by atoms with E-state index in [1.165, 1.54) is 6.92 Å². The lowest BCUT2D eigenvalue weighted by Gasteiger charge is -2.61. The fraction of sp³-hybridized carbons (Fsp3) is 0.565. The maximum atomic E-state index is 12.7. The van der Waals surface area contributed by atoms with E-state index in [9.17, 15) is 19.8 Å². The molecular formula is C23H29ClN2O7. The van der Waals surface area contributed by atoms with E-state index in [4.69, 9.17) is 19.9 Å². The summed E-state index contributed by atoms with van der Waals surface area (Å²) < 4.78 is 17.0. The number of hydrogen-bond acceptors (Lipinski definition) is 9. The smallest absolute Gasteiger partial charge is 0.352 e. The number of piperidine rings is 1. The Morgan fingerprint density at radius 1 is 1.39 bits per heavy atom. The molecule has 1 aromatic carbocycles. The fourth-order valence-corrected chi connectivity index (χ4v) is 6.06. The van der Waals surface area contributed by atoms with Crippen molar-refractivity contribution in [2.45, 2.75) is 61.9 Å². The Balaban J connectivity index is 0.00000259. The first-order valence-electron chi connectivity index (χ1n) is 11.0. The molecule has 1 aromatic rings. The van der Waals surface area contributed by atoms with E-state index in [-0.39, 0.29) is 49.3 Å². The van der Waals surface area contributed by atoms with Crippen molar-refractivity contribution < 1.29 is 34.0 Å². The Kier molecular flexibility index (Phi) is 5.89.